The standard InChI is InChI=1S/C24H26N2O5/c1-17(2)22-23(28)25(15-21(27)30-3)20(19-12-8-5-9-13-19)14-26(22)24(29)31-16-18-10-6-4-7-11-18/h4-14,17,22H,15-16H2,1-3H3. The number of ether oxygens (including phenoxy) is 2. The van der Waals surface area contributed by atoms with E-state index in [2.05, 4.69) is 0 Å². The quantitative estimate of drug-likeness (QED) is 0.664. The van der Waals surface area contributed by atoms with Crippen molar-refractivity contribution in [3.05, 3.63) is 78.0 Å². The average Bonchev–Trinajstić information content (AvgIpc) is 2.79. The number of amides is 2. The van der Waals surface area contributed by atoms with Crippen LogP contribution in [0.3, 0.4) is 0 Å². The molecule has 1 atom stereocenters. The molecule has 7 heteroatoms. The van der Waals surface area contributed by atoms with E-state index in [1.807, 2.05) is 74.5 Å². The van der Waals surface area contributed by atoms with Crippen LogP contribution in [-0.4, -0.2) is 47.5 Å². The Labute approximate surface area is 181 Å². The van der Waals surface area contributed by atoms with Crippen molar-refractivity contribution in [2.24, 2.45) is 5.92 Å². The molecular formula is C24H26N2O5. The van der Waals surface area contributed by atoms with Crippen LogP contribution in [0.5, 0.6) is 0 Å². The summed E-state index contributed by atoms with van der Waals surface area (Å²) in [6, 6.07) is 17.6. The smallest absolute Gasteiger partial charge is 0.414 e. The molecule has 1 heterocycles. The Morgan fingerprint density at radius 3 is 2.19 bits per heavy atom. The fraction of sp³-hybridized carbons (Fsp3) is 0.292. The van der Waals surface area contributed by atoms with E-state index in [0.717, 1.165) is 5.56 Å². The maximum absolute atomic E-state index is 13.4. The van der Waals surface area contributed by atoms with E-state index in [-0.39, 0.29) is 25.0 Å². The molecule has 2 aromatic rings. The summed E-state index contributed by atoms with van der Waals surface area (Å²) in [6.45, 7) is 3.54. The minimum absolute atomic E-state index is 0.0928. The van der Waals surface area contributed by atoms with Gasteiger partial charge in [-0.1, -0.05) is 74.5 Å². The summed E-state index contributed by atoms with van der Waals surface area (Å²) in [4.78, 5) is 41.1. The first kappa shape index (κ1) is 22.1. The Morgan fingerprint density at radius 1 is 1.00 bits per heavy atom. The maximum atomic E-state index is 13.4. The molecule has 0 bridgehead atoms. The average molecular weight is 422 g/mol. The summed E-state index contributed by atoms with van der Waals surface area (Å²) in [5.41, 5.74) is 1.98. The zero-order valence-electron chi connectivity index (χ0n) is 17.9. The molecule has 1 unspecified atom stereocenters. The molecule has 0 aliphatic carbocycles. The van der Waals surface area contributed by atoms with Crippen molar-refractivity contribution in [1.29, 1.82) is 0 Å². The Kier molecular flexibility index (Phi) is 7.07. The van der Waals surface area contributed by atoms with Crippen molar-refractivity contribution >= 4 is 23.7 Å². The summed E-state index contributed by atoms with van der Waals surface area (Å²) in [5, 5.41) is 0. The number of carbonyl (C=O) groups excluding carboxylic acids is 3. The molecule has 3 rings (SSSR count). The Bertz CT molecular complexity index is 956. The Hall–Kier alpha value is -3.61. The van der Waals surface area contributed by atoms with Gasteiger partial charge in [-0.05, 0) is 17.0 Å². The number of hydrogen-bond donors (Lipinski definition) is 0. The number of methoxy groups -OCH3 is 1. The molecule has 0 aromatic heterocycles. The van der Waals surface area contributed by atoms with E-state index in [0.29, 0.717) is 11.3 Å². The first-order chi connectivity index (χ1) is 14.9. The molecule has 0 spiro atoms. The highest BCUT2D eigenvalue weighted by atomic mass is 16.6. The third kappa shape index (κ3) is 5.12. The van der Waals surface area contributed by atoms with Crippen LogP contribution >= 0.6 is 0 Å². The van der Waals surface area contributed by atoms with Crippen LogP contribution in [0.15, 0.2) is 66.9 Å². The highest BCUT2D eigenvalue weighted by Crippen LogP contribution is 2.30. The molecule has 0 fully saturated rings. The second-order valence-corrected chi connectivity index (χ2v) is 7.52. The molecule has 0 N–H and O–H groups in total. The number of rotatable bonds is 6. The second kappa shape index (κ2) is 9.93. The Balaban J connectivity index is 1.96. The molecular weight excluding hydrogens is 396 g/mol. The number of nitrogens with zero attached hydrogens (tertiary/aromatic N) is 2. The van der Waals surface area contributed by atoms with Crippen molar-refractivity contribution in [1.82, 2.24) is 9.80 Å². The zero-order valence-corrected chi connectivity index (χ0v) is 17.9. The molecule has 1 aliphatic heterocycles. The first-order valence-corrected chi connectivity index (χ1v) is 10.1. The van der Waals surface area contributed by atoms with Crippen molar-refractivity contribution < 1.29 is 23.9 Å². The van der Waals surface area contributed by atoms with E-state index in [9.17, 15) is 14.4 Å². The lowest BCUT2D eigenvalue weighted by Crippen LogP contribution is -2.55. The lowest BCUT2D eigenvalue weighted by atomic mass is 9.97. The molecule has 2 aromatic carbocycles. The van der Waals surface area contributed by atoms with Gasteiger partial charge in [-0.25, -0.2) is 4.79 Å². The summed E-state index contributed by atoms with van der Waals surface area (Å²) in [6.07, 6.45) is 0.958. The second-order valence-electron chi connectivity index (χ2n) is 7.52. The third-order valence-corrected chi connectivity index (χ3v) is 5.00. The van der Waals surface area contributed by atoms with Crippen LogP contribution < -0.4 is 0 Å². The van der Waals surface area contributed by atoms with Gasteiger partial charge < -0.3 is 9.47 Å². The Morgan fingerprint density at radius 2 is 1.61 bits per heavy atom. The van der Waals surface area contributed by atoms with Gasteiger partial charge >= 0.3 is 12.1 Å². The number of esters is 1. The van der Waals surface area contributed by atoms with Gasteiger partial charge in [0, 0.05) is 6.20 Å². The zero-order chi connectivity index (χ0) is 22.4. The minimum Gasteiger partial charge on any atom is -0.468 e. The van der Waals surface area contributed by atoms with E-state index in [4.69, 9.17) is 9.47 Å². The summed E-state index contributed by atoms with van der Waals surface area (Å²) in [5.74, 6) is -1.11. The first-order valence-electron chi connectivity index (χ1n) is 10.1. The van der Waals surface area contributed by atoms with Gasteiger partial charge in [-0.3, -0.25) is 19.4 Å². The SMILES string of the molecule is COC(=O)CN1C(=O)C(C(C)C)N(C(=O)OCc2ccccc2)C=C1c1ccccc1. The lowest BCUT2D eigenvalue weighted by Gasteiger charge is -2.40. The summed E-state index contributed by atoms with van der Waals surface area (Å²) >= 11 is 0. The van der Waals surface area contributed by atoms with Crippen LogP contribution in [0.1, 0.15) is 25.0 Å². The van der Waals surface area contributed by atoms with Crippen molar-refractivity contribution in [2.45, 2.75) is 26.5 Å². The van der Waals surface area contributed by atoms with Crippen LogP contribution in [-0.2, 0) is 25.7 Å². The van der Waals surface area contributed by atoms with Crippen molar-refractivity contribution in [3.8, 4) is 0 Å². The fourth-order valence-electron chi connectivity index (χ4n) is 3.44. The fourth-order valence-corrected chi connectivity index (χ4v) is 3.44. The largest absolute Gasteiger partial charge is 0.468 e. The van der Waals surface area contributed by atoms with E-state index < -0.39 is 18.1 Å². The monoisotopic (exact) mass is 422 g/mol. The van der Waals surface area contributed by atoms with E-state index >= 15 is 0 Å². The predicted molar refractivity (Wildman–Crippen MR) is 115 cm³/mol. The van der Waals surface area contributed by atoms with Gasteiger partial charge in [0.2, 0.25) is 0 Å². The van der Waals surface area contributed by atoms with Gasteiger partial charge in [0.15, 0.2) is 0 Å². The van der Waals surface area contributed by atoms with Crippen molar-refractivity contribution in [3.63, 3.8) is 0 Å². The topological polar surface area (TPSA) is 76.2 Å². The van der Waals surface area contributed by atoms with E-state index in [1.165, 1.54) is 16.9 Å². The highest BCUT2D eigenvalue weighted by molar-refractivity contribution is 5.98. The normalized spacial score (nSPS) is 16.2. The molecule has 1 aliphatic rings. The molecule has 2 amide bonds. The summed E-state index contributed by atoms with van der Waals surface area (Å²) < 4.78 is 10.3. The van der Waals surface area contributed by atoms with E-state index in [1.54, 1.807) is 6.20 Å². The molecule has 162 valence electrons. The van der Waals surface area contributed by atoms with Gasteiger partial charge in [0.25, 0.3) is 5.91 Å². The van der Waals surface area contributed by atoms with Crippen LogP contribution in [0.4, 0.5) is 4.79 Å². The molecule has 7 nitrogen and oxygen atoms in total. The molecule has 0 saturated heterocycles. The number of benzene rings is 2. The van der Waals surface area contributed by atoms with Crippen molar-refractivity contribution in [2.75, 3.05) is 13.7 Å². The van der Waals surface area contributed by atoms with Crippen LogP contribution in [0.2, 0.25) is 0 Å². The molecule has 0 radical (unpaired) electrons. The maximum Gasteiger partial charge on any atom is 0.414 e. The lowest BCUT2D eigenvalue weighted by molar-refractivity contribution is -0.147. The predicted octanol–water partition coefficient (Wildman–Crippen LogP) is 3.66. The van der Waals surface area contributed by atoms with Gasteiger partial charge in [-0.15, -0.1) is 0 Å². The molecule has 31 heavy (non-hydrogen) atoms. The number of hydrogen-bond acceptors (Lipinski definition) is 5. The minimum atomic E-state index is -0.805. The number of carbonyl (C=O) groups is 3. The summed E-state index contributed by atoms with van der Waals surface area (Å²) in [7, 11) is 1.27. The van der Waals surface area contributed by atoms with Gasteiger partial charge in [0.1, 0.15) is 19.2 Å². The third-order valence-electron chi connectivity index (χ3n) is 5.00. The molecule has 0 saturated carbocycles. The van der Waals surface area contributed by atoms with Gasteiger partial charge in [0.05, 0.1) is 12.8 Å². The van der Waals surface area contributed by atoms with Crippen LogP contribution in [0.25, 0.3) is 5.70 Å². The highest BCUT2D eigenvalue weighted by Gasteiger charge is 2.41. The van der Waals surface area contributed by atoms with Crippen LogP contribution in [0, 0.1) is 5.92 Å². The van der Waals surface area contributed by atoms with Gasteiger partial charge in [-0.2, -0.15) is 0 Å².